The summed E-state index contributed by atoms with van der Waals surface area (Å²) in [7, 11) is 0. The van der Waals surface area contributed by atoms with Crippen molar-refractivity contribution in [3.05, 3.63) is 101 Å². The van der Waals surface area contributed by atoms with Crippen LogP contribution in [0.4, 0.5) is 20.2 Å². The van der Waals surface area contributed by atoms with Crippen molar-refractivity contribution in [3.63, 3.8) is 0 Å². The van der Waals surface area contributed by atoms with E-state index < -0.39 is 23.4 Å². The summed E-state index contributed by atoms with van der Waals surface area (Å²) >= 11 is 0. The average Bonchev–Trinajstić information content (AvgIpc) is 2.71. The number of para-hydroxylation sites is 2. The Morgan fingerprint density at radius 1 is 0.767 bits per heavy atom. The third-order valence-electron chi connectivity index (χ3n) is 4.47. The highest BCUT2D eigenvalue weighted by molar-refractivity contribution is 6.28. The number of carbonyl (C=O) groups is 2. The lowest BCUT2D eigenvalue weighted by atomic mass is 10.0. The maximum absolute atomic E-state index is 14.0. The number of aryl methyl sites for hydroxylation is 2. The van der Waals surface area contributed by atoms with E-state index in [0.717, 1.165) is 11.1 Å². The number of nitrogens with one attached hydrogen (secondary N) is 2. The summed E-state index contributed by atoms with van der Waals surface area (Å²) in [6.45, 7) is 3.72. The van der Waals surface area contributed by atoms with Crippen molar-refractivity contribution in [1.29, 1.82) is 0 Å². The van der Waals surface area contributed by atoms with Gasteiger partial charge in [-0.1, -0.05) is 48.0 Å². The topological polar surface area (TPSA) is 58.2 Å². The third kappa shape index (κ3) is 4.97. The lowest BCUT2D eigenvalue weighted by Gasteiger charge is -2.12. The van der Waals surface area contributed by atoms with Gasteiger partial charge in [0.15, 0.2) is 0 Å². The van der Waals surface area contributed by atoms with Gasteiger partial charge < -0.3 is 10.6 Å². The predicted molar refractivity (Wildman–Crippen MR) is 114 cm³/mol. The Hall–Kier alpha value is -3.80. The van der Waals surface area contributed by atoms with Gasteiger partial charge in [0.1, 0.15) is 17.2 Å². The molecule has 6 heteroatoms. The smallest absolute Gasteiger partial charge is 0.261 e. The number of rotatable bonds is 5. The number of amides is 2. The molecule has 0 unspecified atom stereocenters. The maximum Gasteiger partial charge on any atom is 0.261 e. The summed E-state index contributed by atoms with van der Waals surface area (Å²) < 4.78 is 27.9. The molecule has 0 saturated heterocycles. The second-order valence-electron chi connectivity index (χ2n) is 6.79. The monoisotopic (exact) mass is 406 g/mol. The molecular formula is C24H20F2N2O2. The molecule has 4 nitrogen and oxygen atoms in total. The molecule has 0 fully saturated rings. The summed E-state index contributed by atoms with van der Waals surface area (Å²) in [6, 6.07) is 16.9. The van der Waals surface area contributed by atoms with Gasteiger partial charge in [-0.2, -0.15) is 0 Å². The molecule has 30 heavy (non-hydrogen) atoms. The van der Waals surface area contributed by atoms with E-state index in [2.05, 4.69) is 10.6 Å². The van der Waals surface area contributed by atoms with Crippen LogP contribution in [0.5, 0.6) is 0 Å². The van der Waals surface area contributed by atoms with E-state index in [0.29, 0.717) is 5.56 Å². The molecule has 0 heterocycles. The number of halogens is 2. The minimum absolute atomic E-state index is 0.0620. The van der Waals surface area contributed by atoms with E-state index in [1.807, 2.05) is 32.0 Å². The molecule has 0 aliphatic rings. The fourth-order valence-electron chi connectivity index (χ4n) is 2.81. The molecule has 0 bridgehead atoms. The van der Waals surface area contributed by atoms with Crippen LogP contribution in [0.15, 0.2) is 72.3 Å². The van der Waals surface area contributed by atoms with Crippen molar-refractivity contribution < 1.29 is 18.4 Å². The van der Waals surface area contributed by atoms with E-state index in [9.17, 15) is 18.4 Å². The summed E-state index contributed by atoms with van der Waals surface area (Å²) in [4.78, 5) is 25.8. The average molecular weight is 406 g/mol. The first kappa shape index (κ1) is 20.9. The van der Waals surface area contributed by atoms with Gasteiger partial charge >= 0.3 is 0 Å². The number of hydrogen-bond donors (Lipinski definition) is 2. The Kier molecular flexibility index (Phi) is 6.37. The van der Waals surface area contributed by atoms with Gasteiger partial charge in [0, 0.05) is 0 Å². The van der Waals surface area contributed by atoms with E-state index in [1.165, 1.54) is 42.5 Å². The molecular weight excluding hydrogens is 386 g/mol. The van der Waals surface area contributed by atoms with Crippen molar-refractivity contribution in [2.45, 2.75) is 13.8 Å². The van der Waals surface area contributed by atoms with Gasteiger partial charge in [0.25, 0.3) is 11.8 Å². The highest BCUT2D eigenvalue weighted by Crippen LogP contribution is 2.20. The van der Waals surface area contributed by atoms with Crippen LogP contribution in [0.2, 0.25) is 0 Å². The van der Waals surface area contributed by atoms with Crippen LogP contribution in [0.25, 0.3) is 6.08 Å². The van der Waals surface area contributed by atoms with Gasteiger partial charge in [0.05, 0.1) is 11.4 Å². The largest absolute Gasteiger partial charge is 0.319 e. The van der Waals surface area contributed by atoms with Crippen LogP contribution >= 0.6 is 0 Å². The Labute approximate surface area is 173 Å². The van der Waals surface area contributed by atoms with Gasteiger partial charge in [-0.3, -0.25) is 9.59 Å². The molecule has 0 aliphatic heterocycles. The summed E-state index contributed by atoms with van der Waals surface area (Å²) in [5.41, 5.74) is 2.03. The molecule has 152 valence electrons. The van der Waals surface area contributed by atoms with E-state index >= 15 is 0 Å². The van der Waals surface area contributed by atoms with E-state index in [1.54, 1.807) is 12.1 Å². The van der Waals surface area contributed by atoms with Crippen molar-refractivity contribution in [1.82, 2.24) is 0 Å². The third-order valence-corrected chi connectivity index (χ3v) is 4.47. The Bertz CT molecular complexity index is 1080. The van der Waals surface area contributed by atoms with Crippen LogP contribution in [-0.2, 0) is 9.59 Å². The van der Waals surface area contributed by atoms with Crippen LogP contribution in [0, 0.1) is 25.5 Å². The molecule has 0 atom stereocenters. The van der Waals surface area contributed by atoms with Gasteiger partial charge in [-0.25, -0.2) is 8.78 Å². The fourth-order valence-corrected chi connectivity index (χ4v) is 2.81. The molecule has 3 rings (SSSR count). The summed E-state index contributed by atoms with van der Waals surface area (Å²) in [6.07, 6.45) is 1.41. The number of hydrogen-bond acceptors (Lipinski definition) is 2. The Morgan fingerprint density at radius 2 is 1.27 bits per heavy atom. The van der Waals surface area contributed by atoms with Crippen LogP contribution in [0.3, 0.4) is 0 Å². The quantitative estimate of drug-likeness (QED) is 0.346. The van der Waals surface area contributed by atoms with Crippen molar-refractivity contribution >= 4 is 29.3 Å². The van der Waals surface area contributed by atoms with Crippen LogP contribution < -0.4 is 10.6 Å². The lowest BCUT2D eigenvalue weighted by Crippen LogP contribution is -2.26. The number of carbonyl (C=O) groups excluding carboxylic acids is 2. The zero-order chi connectivity index (χ0) is 21.7. The van der Waals surface area contributed by atoms with Gasteiger partial charge in [-0.15, -0.1) is 0 Å². The highest BCUT2D eigenvalue weighted by Gasteiger charge is 2.21. The number of benzene rings is 3. The van der Waals surface area contributed by atoms with Crippen LogP contribution in [0.1, 0.15) is 16.7 Å². The first-order valence-electron chi connectivity index (χ1n) is 9.26. The molecule has 0 spiro atoms. The van der Waals surface area contributed by atoms with Gasteiger partial charge in [-0.05, 0) is 55.3 Å². The Balaban J connectivity index is 1.99. The molecule has 0 aliphatic carbocycles. The second-order valence-corrected chi connectivity index (χ2v) is 6.79. The molecule has 3 aromatic rings. The minimum atomic E-state index is -0.810. The molecule has 2 N–H and O–H groups in total. The maximum atomic E-state index is 14.0. The van der Waals surface area contributed by atoms with Crippen molar-refractivity contribution in [2.75, 3.05) is 10.6 Å². The van der Waals surface area contributed by atoms with Crippen LogP contribution in [-0.4, -0.2) is 11.8 Å². The lowest BCUT2D eigenvalue weighted by molar-refractivity contribution is -0.118. The highest BCUT2D eigenvalue weighted by atomic mass is 19.1. The molecule has 0 saturated carbocycles. The normalized spacial score (nSPS) is 10.3. The molecule has 0 radical (unpaired) electrons. The number of anilines is 2. The molecule has 0 aromatic heterocycles. The first-order valence-corrected chi connectivity index (χ1v) is 9.26. The molecule has 3 aromatic carbocycles. The zero-order valence-corrected chi connectivity index (χ0v) is 16.5. The van der Waals surface area contributed by atoms with E-state index in [4.69, 9.17) is 0 Å². The first-order chi connectivity index (χ1) is 14.3. The summed E-state index contributed by atoms with van der Waals surface area (Å²) in [5, 5.41) is 4.82. The zero-order valence-electron chi connectivity index (χ0n) is 16.5. The predicted octanol–water partition coefficient (Wildman–Crippen LogP) is 5.24. The van der Waals surface area contributed by atoms with E-state index in [-0.39, 0.29) is 16.9 Å². The van der Waals surface area contributed by atoms with Crippen molar-refractivity contribution in [3.8, 4) is 0 Å². The van der Waals surface area contributed by atoms with Crippen molar-refractivity contribution in [2.24, 2.45) is 0 Å². The second kappa shape index (κ2) is 9.13. The SMILES string of the molecule is Cc1ccc(C)c(C=C(C(=O)Nc2ccccc2F)C(=O)Nc2ccccc2F)c1. The standard InChI is InChI=1S/C24H20F2N2O2/c1-15-11-12-16(2)17(13-15)14-18(23(29)27-21-9-5-3-7-19(21)25)24(30)28-22-10-6-4-8-20(22)26/h3-14H,1-2H3,(H,27,29)(H,28,30). The Morgan fingerprint density at radius 3 is 1.77 bits per heavy atom. The molecule has 2 amide bonds. The fraction of sp³-hybridized carbons (Fsp3) is 0.0833. The minimum Gasteiger partial charge on any atom is -0.319 e. The van der Waals surface area contributed by atoms with Gasteiger partial charge in [0.2, 0.25) is 0 Å². The summed E-state index contributed by atoms with van der Waals surface area (Å²) in [5.74, 6) is -2.89.